The standard InChI is InChI=1S/C24H35N3O3/c1-19(28)27-15-5-13-25(22-10-16-30-17-11-22)12-4-14-26(24(29)20-8-9-20)18-21-6-2-3-7-23(21)27/h2-3,6-7,20,22H,4-5,8-18H2,1H3. The molecule has 6 heteroatoms. The Hall–Kier alpha value is -1.92. The van der Waals surface area contributed by atoms with E-state index in [2.05, 4.69) is 11.0 Å². The number of nitrogens with zero attached hydrogens (tertiary/aromatic N) is 3. The Balaban J connectivity index is 1.58. The van der Waals surface area contributed by atoms with E-state index in [1.165, 1.54) is 0 Å². The molecule has 0 N–H and O–H groups in total. The van der Waals surface area contributed by atoms with Crippen LogP contribution in [-0.4, -0.2) is 67.0 Å². The van der Waals surface area contributed by atoms with Gasteiger partial charge in [-0.2, -0.15) is 0 Å². The second kappa shape index (κ2) is 9.92. The van der Waals surface area contributed by atoms with Crippen molar-refractivity contribution in [2.75, 3.05) is 44.3 Å². The van der Waals surface area contributed by atoms with Crippen molar-refractivity contribution in [3.63, 3.8) is 0 Å². The molecule has 164 valence electrons. The number of ether oxygens (including phenoxy) is 1. The van der Waals surface area contributed by atoms with Crippen LogP contribution in [0.25, 0.3) is 0 Å². The van der Waals surface area contributed by atoms with Gasteiger partial charge < -0.3 is 19.4 Å². The van der Waals surface area contributed by atoms with Gasteiger partial charge in [-0.05, 0) is 50.2 Å². The van der Waals surface area contributed by atoms with Crippen LogP contribution < -0.4 is 4.90 Å². The highest BCUT2D eigenvalue weighted by molar-refractivity contribution is 5.92. The van der Waals surface area contributed by atoms with Gasteiger partial charge in [0.2, 0.25) is 11.8 Å². The van der Waals surface area contributed by atoms with Gasteiger partial charge in [-0.3, -0.25) is 9.59 Å². The van der Waals surface area contributed by atoms with Crippen LogP contribution in [0.3, 0.4) is 0 Å². The van der Waals surface area contributed by atoms with Crippen LogP contribution in [0.2, 0.25) is 0 Å². The zero-order valence-electron chi connectivity index (χ0n) is 18.2. The predicted octanol–water partition coefficient (Wildman–Crippen LogP) is 3.05. The third-order valence-electron chi connectivity index (χ3n) is 6.67. The third kappa shape index (κ3) is 5.22. The van der Waals surface area contributed by atoms with E-state index < -0.39 is 0 Å². The lowest BCUT2D eigenvalue weighted by atomic mass is 10.1. The van der Waals surface area contributed by atoms with Crippen molar-refractivity contribution in [1.82, 2.24) is 9.80 Å². The fourth-order valence-electron chi connectivity index (χ4n) is 4.84. The minimum Gasteiger partial charge on any atom is -0.381 e. The van der Waals surface area contributed by atoms with Crippen LogP contribution in [0.15, 0.2) is 24.3 Å². The molecule has 1 aliphatic carbocycles. The van der Waals surface area contributed by atoms with Crippen molar-refractivity contribution in [3.05, 3.63) is 29.8 Å². The Kier molecular flexibility index (Phi) is 7.05. The summed E-state index contributed by atoms with van der Waals surface area (Å²) in [5.41, 5.74) is 2.03. The molecule has 0 aromatic heterocycles. The lowest BCUT2D eigenvalue weighted by Gasteiger charge is -2.36. The number of amides is 2. The molecule has 0 radical (unpaired) electrons. The number of benzene rings is 1. The minimum absolute atomic E-state index is 0.0668. The van der Waals surface area contributed by atoms with Gasteiger partial charge in [-0.25, -0.2) is 0 Å². The molecule has 3 aliphatic rings. The fraction of sp³-hybridized carbons (Fsp3) is 0.667. The molecular weight excluding hydrogens is 378 g/mol. The van der Waals surface area contributed by atoms with Gasteiger partial charge in [-0.15, -0.1) is 0 Å². The van der Waals surface area contributed by atoms with E-state index in [-0.39, 0.29) is 17.7 Å². The fourth-order valence-corrected chi connectivity index (χ4v) is 4.84. The van der Waals surface area contributed by atoms with E-state index in [1.807, 2.05) is 28.0 Å². The Bertz CT molecular complexity index is 743. The van der Waals surface area contributed by atoms with Gasteiger partial charge in [0.1, 0.15) is 0 Å². The molecule has 2 aliphatic heterocycles. The third-order valence-corrected chi connectivity index (χ3v) is 6.67. The molecule has 2 amide bonds. The monoisotopic (exact) mass is 413 g/mol. The average molecular weight is 414 g/mol. The second-order valence-corrected chi connectivity index (χ2v) is 8.92. The lowest BCUT2D eigenvalue weighted by Crippen LogP contribution is -2.44. The summed E-state index contributed by atoms with van der Waals surface area (Å²) in [5.74, 6) is 0.562. The molecule has 30 heavy (non-hydrogen) atoms. The van der Waals surface area contributed by atoms with Crippen LogP contribution in [0, 0.1) is 5.92 Å². The van der Waals surface area contributed by atoms with Gasteiger partial charge in [0.25, 0.3) is 0 Å². The van der Waals surface area contributed by atoms with E-state index in [1.54, 1.807) is 6.92 Å². The number of rotatable bonds is 2. The SMILES string of the molecule is CC(=O)N1CCCN(C2CCOCC2)CCCN(C(=O)C2CC2)Cc2ccccc21. The summed E-state index contributed by atoms with van der Waals surface area (Å²) in [4.78, 5) is 32.0. The first-order valence-electron chi connectivity index (χ1n) is 11.6. The average Bonchev–Trinajstić information content (AvgIpc) is 3.59. The molecule has 1 saturated heterocycles. The molecule has 4 rings (SSSR count). The highest BCUT2D eigenvalue weighted by Gasteiger charge is 2.34. The highest BCUT2D eigenvalue weighted by Crippen LogP contribution is 2.32. The second-order valence-electron chi connectivity index (χ2n) is 8.92. The van der Waals surface area contributed by atoms with Gasteiger partial charge in [0, 0.05) is 70.5 Å². The summed E-state index contributed by atoms with van der Waals surface area (Å²) in [6, 6.07) is 8.64. The molecule has 0 bridgehead atoms. The summed E-state index contributed by atoms with van der Waals surface area (Å²) in [6.07, 6.45) is 6.13. The molecular formula is C24H35N3O3. The van der Waals surface area contributed by atoms with Crippen LogP contribution in [0.4, 0.5) is 5.69 Å². The number of para-hydroxylation sites is 1. The predicted molar refractivity (Wildman–Crippen MR) is 117 cm³/mol. The van der Waals surface area contributed by atoms with Crippen LogP contribution >= 0.6 is 0 Å². The van der Waals surface area contributed by atoms with Gasteiger partial charge >= 0.3 is 0 Å². The van der Waals surface area contributed by atoms with Crippen molar-refractivity contribution in [3.8, 4) is 0 Å². The van der Waals surface area contributed by atoms with Crippen LogP contribution in [0.1, 0.15) is 51.0 Å². The summed E-state index contributed by atoms with van der Waals surface area (Å²) in [6.45, 7) is 7.37. The Morgan fingerprint density at radius 2 is 1.63 bits per heavy atom. The number of hydrogen-bond donors (Lipinski definition) is 0. The quantitative estimate of drug-likeness (QED) is 0.748. The van der Waals surface area contributed by atoms with Crippen molar-refractivity contribution in [2.45, 2.75) is 58.0 Å². The maximum Gasteiger partial charge on any atom is 0.225 e. The largest absolute Gasteiger partial charge is 0.381 e. The topological polar surface area (TPSA) is 53.1 Å². The zero-order valence-corrected chi connectivity index (χ0v) is 18.2. The smallest absolute Gasteiger partial charge is 0.225 e. The van der Waals surface area contributed by atoms with Crippen molar-refractivity contribution < 1.29 is 14.3 Å². The van der Waals surface area contributed by atoms with Gasteiger partial charge in [0.05, 0.1) is 0 Å². The number of hydrogen-bond acceptors (Lipinski definition) is 4. The van der Waals surface area contributed by atoms with Crippen molar-refractivity contribution in [2.24, 2.45) is 5.92 Å². The van der Waals surface area contributed by atoms with E-state index in [0.717, 1.165) is 82.6 Å². The zero-order chi connectivity index (χ0) is 20.9. The van der Waals surface area contributed by atoms with E-state index in [4.69, 9.17) is 4.74 Å². The molecule has 0 unspecified atom stereocenters. The van der Waals surface area contributed by atoms with Crippen LogP contribution in [0.5, 0.6) is 0 Å². The molecule has 2 heterocycles. The Labute approximate surface area is 180 Å². The van der Waals surface area contributed by atoms with E-state index >= 15 is 0 Å². The summed E-state index contributed by atoms with van der Waals surface area (Å²) >= 11 is 0. The van der Waals surface area contributed by atoms with Gasteiger partial charge in [0.15, 0.2) is 0 Å². The molecule has 0 atom stereocenters. The maximum absolute atomic E-state index is 13.0. The summed E-state index contributed by atoms with van der Waals surface area (Å²) in [7, 11) is 0. The normalized spacial score (nSPS) is 22.7. The van der Waals surface area contributed by atoms with Crippen molar-refractivity contribution in [1.29, 1.82) is 0 Å². The Morgan fingerprint density at radius 3 is 2.33 bits per heavy atom. The number of carbonyl (C=O) groups is 2. The number of fused-ring (bicyclic) bond motifs is 1. The minimum atomic E-state index is 0.0668. The van der Waals surface area contributed by atoms with Gasteiger partial charge in [-0.1, -0.05) is 18.2 Å². The highest BCUT2D eigenvalue weighted by atomic mass is 16.5. The van der Waals surface area contributed by atoms with Crippen molar-refractivity contribution >= 4 is 17.5 Å². The molecule has 1 aromatic carbocycles. The van der Waals surface area contributed by atoms with E-state index in [0.29, 0.717) is 19.1 Å². The lowest BCUT2D eigenvalue weighted by molar-refractivity contribution is -0.133. The maximum atomic E-state index is 13.0. The summed E-state index contributed by atoms with van der Waals surface area (Å²) < 4.78 is 5.56. The molecule has 0 spiro atoms. The molecule has 6 nitrogen and oxygen atoms in total. The first-order valence-corrected chi connectivity index (χ1v) is 11.6. The molecule has 1 saturated carbocycles. The number of anilines is 1. The number of carbonyl (C=O) groups excluding carboxylic acids is 2. The molecule has 1 aromatic rings. The van der Waals surface area contributed by atoms with E-state index in [9.17, 15) is 9.59 Å². The first kappa shape index (κ1) is 21.3. The summed E-state index contributed by atoms with van der Waals surface area (Å²) in [5, 5.41) is 0. The molecule has 2 fully saturated rings. The Morgan fingerprint density at radius 1 is 0.933 bits per heavy atom. The first-order chi connectivity index (χ1) is 14.6. The van der Waals surface area contributed by atoms with Crippen LogP contribution in [-0.2, 0) is 20.9 Å².